The summed E-state index contributed by atoms with van der Waals surface area (Å²) in [5.74, 6) is 2.94. The fourth-order valence-corrected chi connectivity index (χ4v) is 6.74. The van der Waals surface area contributed by atoms with E-state index in [1.54, 1.807) is 18.7 Å². The summed E-state index contributed by atoms with van der Waals surface area (Å²) < 4.78 is 0. The zero-order valence-corrected chi connectivity index (χ0v) is 20.6. The minimum atomic E-state index is -0.0962. The largest absolute Gasteiger partial charge is 0.274 e. The highest BCUT2D eigenvalue weighted by molar-refractivity contribution is 5.86. The van der Waals surface area contributed by atoms with E-state index in [4.69, 9.17) is 4.84 Å². The Kier molecular flexibility index (Phi) is 7.68. The number of hydroxylamine groups is 2. The molecule has 3 fully saturated rings. The first-order chi connectivity index (χ1) is 14.7. The molecule has 0 saturated heterocycles. The molecule has 172 valence electrons. The van der Waals surface area contributed by atoms with Crippen LogP contribution in [0.5, 0.6) is 0 Å². The van der Waals surface area contributed by atoms with Crippen LogP contribution in [0.3, 0.4) is 0 Å². The minimum absolute atomic E-state index is 0.0962. The third-order valence-electron chi connectivity index (χ3n) is 8.63. The molecule has 3 nitrogen and oxygen atoms in total. The summed E-state index contributed by atoms with van der Waals surface area (Å²) in [4.78, 5) is 17.1. The summed E-state index contributed by atoms with van der Waals surface area (Å²) in [7, 11) is 3.17. The van der Waals surface area contributed by atoms with E-state index in [9.17, 15) is 4.79 Å². The Hall–Kier alpha value is -1.61. The molecule has 3 aliphatic rings. The molecule has 0 bridgehead atoms. The fourth-order valence-electron chi connectivity index (χ4n) is 6.74. The third-order valence-corrected chi connectivity index (χ3v) is 8.63. The van der Waals surface area contributed by atoms with Crippen molar-refractivity contribution in [1.82, 2.24) is 5.06 Å². The molecule has 31 heavy (non-hydrogen) atoms. The number of allylic oxidation sites excluding steroid dienone is 6. The maximum Gasteiger partial charge on any atom is 0.269 e. The summed E-state index contributed by atoms with van der Waals surface area (Å²) in [6.45, 7) is 13.9. The second-order valence-electron chi connectivity index (χ2n) is 10.7. The maximum absolute atomic E-state index is 12.1. The van der Waals surface area contributed by atoms with E-state index in [1.807, 2.05) is 0 Å². The van der Waals surface area contributed by atoms with Crippen LogP contribution in [-0.4, -0.2) is 25.1 Å². The fraction of sp³-hybridized carbons (Fsp3) is 0.679. The van der Waals surface area contributed by atoms with Crippen LogP contribution < -0.4 is 0 Å². The van der Waals surface area contributed by atoms with E-state index in [0.29, 0.717) is 29.1 Å². The van der Waals surface area contributed by atoms with Crippen LogP contribution in [-0.2, 0) is 9.63 Å². The first-order valence-electron chi connectivity index (χ1n) is 12.3. The lowest BCUT2D eigenvalue weighted by Crippen LogP contribution is -2.35. The lowest BCUT2D eigenvalue weighted by molar-refractivity contribution is -0.162. The van der Waals surface area contributed by atoms with Crippen molar-refractivity contribution in [1.29, 1.82) is 0 Å². The van der Waals surface area contributed by atoms with Gasteiger partial charge in [-0.2, -0.15) is 0 Å². The Morgan fingerprint density at radius 2 is 2.03 bits per heavy atom. The monoisotopic (exact) mass is 425 g/mol. The van der Waals surface area contributed by atoms with Crippen LogP contribution in [0.1, 0.15) is 72.6 Å². The lowest BCUT2D eigenvalue weighted by atomic mass is 9.61. The van der Waals surface area contributed by atoms with Gasteiger partial charge in [-0.25, -0.2) is 5.06 Å². The number of carbonyl (C=O) groups excluding carboxylic acids is 1. The van der Waals surface area contributed by atoms with Crippen LogP contribution in [0, 0.1) is 35.0 Å². The molecule has 2 unspecified atom stereocenters. The number of hydrogen-bond acceptors (Lipinski definition) is 2. The SMILES string of the molecule is C=C1/C(=C\C=C2/CCC[C@]3(C)C([C@H](C)/C=C/C(=O)N(C)OC)CC[C@@H]23)CC(C)C[C@@H]1C. The third kappa shape index (κ3) is 5.08. The summed E-state index contributed by atoms with van der Waals surface area (Å²) in [5.41, 5.74) is 4.79. The smallest absolute Gasteiger partial charge is 0.269 e. The molecular formula is C28H43NO2. The van der Waals surface area contributed by atoms with E-state index < -0.39 is 0 Å². The van der Waals surface area contributed by atoms with Crippen LogP contribution in [0.2, 0.25) is 0 Å². The summed E-state index contributed by atoms with van der Waals surface area (Å²) in [6, 6.07) is 0. The van der Waals surface area contributed by atoms with Gasteiger partial charge < -0.3 is 0 Å². The van der Waals surface area contributed by atoms with Gasteiger partial charge in [-0.05, 0) is 91.1 Å². The molecule has 0 spiro atoms. The highest BCUT2D eigenvalue weighted by Gasteiger charge is 2.50. The number of hydrogen-bond donors (Lipinski definition) is 0. The Morgan fingerprint density at radius 1 is 1.29 bits per heavy atom. The van der Waals surface area contributed by atoms with Gasteiger partial charge in [-0.1, -0.05) is 58.1 Å². The van der Waals surface area contributed by atoms with E-state index in [1.165, 1.54) is 68.3 Å². The lowest BCUT2D eigenvalue weighted by Gasteiger charge is -2.44. The van der Waals surface area contributed by atoms with Crippen molar-refractivity contribution < 1.29 is 9.63 Å². The van der Waals surface area contributed by atoms with Gasteiger partial charge in [-0.3, -0.25) is 9.63 Å². The molecule has 0 aromatic carbocycles. The van der Waals surface area contributed by atoms with E-state index in [2.05, 4.69) is 52.5 Å². The van der Waals surface area contributed by atoms with Gasteiger partial charge >= 0.3 is 0 Å². The number of amides is 1. The van der Waals surface area contributed by atoms with Crippen LogP contribution in [0.4, 0.5) is 0 Å². The van der Waals surface area contributed by atoms with Gasteiger partial charge in [0.1, 0.15) is 0 Å². The van der Waals surface area contributed by atoms with Gasteiger partial charge in [0, 0.05) is 13.1 Å². The zero-order valence-electron chi connectivity index (χ0n) is 20.6. The number of fused-ring (bicyclic) bond motifs is 1. The molecular weight excluding hydrogens is 382 g/mol. The van der Waals surface area contributed by atoms with Crippen molar-refractivity contribution in [3.05, 3.63) is 47.6 Å². The van der Waals surface area contributed by atoms with Crippen molar-refractivity contribution in [2.75, 3.05) is 14.2 Å². The topological polar surface area (TPSA) is 29.5 Å². The molecule has 0 aromatic heterocycles. The Bertz CT molecular complexity index is 776. The standard InChI is InChI=1S/C28H43NO2/c1-19-17-21(3)22(4)24(18-19)12-11-23-9-8-16-28(5)25(13-14-26(23)28)20(2)10-15-27(30)29(6)31-7/h10-12,15,19-21,25-26H,4,8-9,13-14,16-18H2,1-3,5-7H3/b15-10+,23-11+,24-12-/t19?,20-,21+,25?,26+,28-/m1/s1. The molecule has 0 aliphatic heterocycles. The average Bonchev–Trinajstić information content (AvgIpc) is 3.10. The number of likely N-dealkylation sites (N-methyl/N-ethyl adjacent to an activating group) is 1. The van der Waals surface area contributed by atoms with Crippen molar-refractivity contribution in [2.24, 2.45) is 35.0 Å². The van der Waals surface area contributed by atoms with Gasteiger partial charge in [0.25, 0.3) is 5.91 Å². The van der Waals surface area contributed by atoms with E-state index in [0.717, 1.165) is 5.92 Å². The molecule has 3 saturated carbocycles. The number of rotatable bonds is 5. The molecule has 0 radical (unpaired) electrons. The molecule has 3 heteroatoms. The molecule has 0 aromatic rings. The number of carbonyl (C=O) groups is 1. The van der Waals surface area contributed by atoms with Gasteiger partial charge in [0.2, 0.25) is 0 Å². The number of nitrogens with zero attached hydrogens (tertiary/aromatic N) is 1. The minimum Gasteiger partial charge on any atom is -0.274 e. The predicted octanol–water partition coefficient (Wildman–Crippen LogP) is 6.89. The van der Waals surface area contributed by atoms with Crippen molar-refractivity contribution in [2.45, 2.75) is 72.6 Å². The predicted molar refractivity (Wildman–Crippen MR) is 129 cm³/mol. The maximum atomic E-state index is 12.1. The first-order valence-corrected chi connectivity index (χ1v) is 12.3. The Morgan fingerprint density at radius 3 is 2.74 bits per heavy atom. The normalized spacial score (nSPS) is 37.4. The van der Waals surface area contributed by atoms with Crippen molar-refractivity contribution >= 4 is 5.91 Å². The van der Waals surface area contributed by atoms with Crippen molar-refractivity contribution in [3.63, 3.8) is 0 Å². The highest BCUT2D eigenvalue weighted by Crippen LogP contribution is 2.59. The molecule has 0 N–H and O–H groups in total. The quantitative estimate of drug-likeness (QED) is 0.354. The van der Waals surface area contributed by atoms with Crippen molar-refractivity contribution in [3.8, 4) is 0 Å². The first kappa shape index (κ1) is 24.0. The summed E-state index contributed by atoms with van der Waals surface area (Å²) in [5, 5.41) is 1.28. The summed E-state index contributed by atoms with van der Waals surface area (Å²) >= 11 is 0. The molecule has 3 rings (SSSR count). The Labute approximate surface area is 190 Å². The van der Waals surface area contributed by atoms with E-state index >= 15 is 0 Å². The van der Waals surface area contributed by atoms with Gasteiger partial charge in [0.15, 0.2) is 0 Å². The van der Waals surface area contributed by atoms with Gasteiger partial charge in [0.05, 0.1) is 7.11 Å². The second-order valence-corrected chi connectivity index (χ2v) is 10.7. The van der Waals surface area contributed by atoms with Crippen LogP contribution in [0.15, 0.2) is 47.6 Å². The molecule has 3 aliphatic carbocycles. The second kappa shape index (κ2) is 9.90. The van der Waals surface area contributed by atoms with Crippen LogP contribution >= 0.6 is 0 Å². The molecule has 1 amide bonds. The molecule has 6 atom stereocenters. The zero-order chi connectivity index (χ0) is 22.8. The van der Waals surface area contributed by atoms with E-state index in [-0.39, 0.29) is 5.91 Å². The van der Waals surface area contributed by atoms with Crippen LogP contribution in [0.25, 0.3) is 0 Å². The average molecular weight is 426 g/mol. The Balaban J connectivity index is 1.75. The summed E-state index contributed by atoms with van der Waals surface area (Å²) in [6.07, 6.45) is 17.4. The molecule has 0 heterocycles. The highest BCUT2D eigenvalue weighted by atomic mass is 16.7. The van der Waals surface area contributed by atoms with Gasteiger partial charge in [-0.15, -0.1) is 0 Å².